The van der Waals surface area contributed by atoms with Gasteiger partial charge < -0.3 is 4.90 Å². The Bertz CT molecular complexity index is 642. The largest absolute Gasteiger partial charge is 0.339 e. The molecule has 21 heavy (non-hydrogen) atoms. The number of primary sulfonamides is 1. The molecule has 0 atom stereocenters. The topological polar surface area (TPSA) is 80.5 Å². The van der Waals surface area contributed by atoms with Gasteiger partial charge in [0.2, 0.25) is 10.0 Å². The second-order valence-electron chi connectivity index (χ2n) is 5.38. The van der Waals surface area contributed by atoms with E-state index in [1.54, 1.807) is 6.92 Å². The summed E-state index contributed by atoms with van der Waals surface area (Å²) in [7, 11) is -4.00. The first-order chi connectivity index (χ1) is 9.57. The number of carbonyl (C=O) groups is 1. The fourth-order valence-electron chi connectivity index (χ4n) is 2.09. The molecule has 0 spiro atoms. The van der Waals surface area contributed by atoms with Crippen molar-refractivity contribution in [3.05, 3.63) is 29.1 Å². The van der Waals surface area contributed by atoms with Crippen LogP contribution in [-0.4, -0.2) is 32.3 Å². The van der Waals surface area contributed by atoms with Gasteiger partial charge in [-0.2, -0.15) is 0 Å². The van der Waals surface area contributed by atoms with Crippen molar-refractivity contribution in [2.75, 3.05) is 13.1 Å². The van der Waals surface area contributed by atoms with E-state index < -0.39 is 21.7 Å². The fraction of sp³-hybridized carbons (Fsp3) is 0.500. The van der Waals surface area contributed by atoms with Crippen LogP contribution in [0, 0.1) is 18.7 Å². The first-order valence-corrected chi connectivity index (χ1v) is 8.24. The summed E-state index contributed by atoms with van der Waals surface area (Å²) in [5.41, 5.74) is -0.0921. The number of hydrogen-bond donors (Lipinski definition) is 1. The SMILES string of the molecule is CCN(CC(C)C)C(=O)c1cc(S(N)(=O)=O)c(C)cc1F. The summed E-state index contributed by atoms with van der Waals surface area (Å²) in [6, 6.07) is 2.04. The first kappa shape index (κ1) is 17.6. The van der Waals surface area contributed by atoms with E-state index in [4.69, 9.17) is 5.14 Å². The normalized spacial score (nSPS) is 11.8. The second kappa shape index (κ2) is 6.53. The predicted molar refractivity (Wildman–Crippen MR) is 78.9 cm³/mol. The molecule has 0 bridgehead atoms. The highest BCUT2D eigenvalue weighted by atomic mass is 32.2. The van der Waals surface area contributed by atoms with Gasteiger partial charge >= 0.3 is 0 Å². The van der Waals surface area contributed by atoms with E-state index in [9.17, 15) is 17.6 Å². The van der Waals surface area contributed by atoms with Gasteiger partial charge in [0.05, 0.1) is 10.5 Å². The molecule has 1 rings (SSSR count). The van der Waals surface area contributed by atoms with Gasteiger partial charge in [0.25, 0.3) is 5.91 Å². The summed E-state index contributed by atoms with van der Waals surface area (Å²) in [4.78, 5) is 13.6. The summed E-state index contributed by atoms with van der Waals surface area (Å²) >= 11 is 0. The number of benzene rings is 1. The van der Waals surface area contributed by atoms with Crippen LogP contribution in [0.3, 0.4) is 0 Å². The molecule has 0 aliphatic carbocycles. The lowest BCUT2D eigenvalue weighted by atomic mass is 10.1. The van der Waals surface area contributed by atoms with Gasteiger partial charge in [-0.05, 0) is 37.5 Å². The van der Waals surface area contributed by atoms with E-state index in [1.807, 2.05) is 13.8 Å². The Morgan fingerprint density at radius 3 is 2.38 bits per heavy atom. The predicted octanol–water partition coefficient (Wildman–Crippen LogP) is 1.90. The Labute approximate surface area is 125 Å². The van der Waals surface area contributed by atoms with E-state index in [2.05, 4.69) is 0 Å². The highest BCUT2D eigenvalue weighted by molar-refractivity contribution is 7.89. The minimum Gasteiger partial charge on any atom is -0.339 e. The maximum absolute atomic E-state index is 14.0. The lowest BCUT2D eigenvalue weighted by Crippen LogP contribution is -2.34. The average Bonchev–Trinajstić information content (AvgIpc) is 2.33. The number of nitrogens with zero attached hydrogens (tertiary/aromatic N) is 1. The number of halogens is 1. The molecule has 0 fully saturated rings. The summed E-state index contributed by atoms with van der Waals surface area (Å²) in [6.45, 7) is 7.98. The number of rotatable bonds is 5. The third kappa shape index (κ3) is 4.25. The highest BCUT2D eigenvalue weighted by Crippen LogP contribution is 2.20. The van der Waals surface area contributed by atoms with Crippen LogP contribution in [-0.2, 0) is 10.0 Å². The van der Waals surface area contributed by atoms with E-state index in [0.29, 0.717) is 13.1 Å². The molecule has 0 aromatic heterocycles. The van der Waals surface area contributed by atoms with E-state index in [1.165, 1.54) is 11.8 Å². The van der Waals surface area contributed by atoms with Crippen molar-refractivity contribution < 1.29 is 17.6 Å². The Hall–Kier alpha value is -1.47. The summed E-state index contributed by atoms with van der Waals surface area (Å²) in [6.07, 6.45) is 0. The lowest BCUT2D eigenvalue weighted by molar-refractivity contribution is 0.0740. The minimum atomic E-state index is -4.00. The molecule has 0 saturated carbocycles. The van der Waals surface area contributed by atoms with Crippen LogP contribution >= 0.6 is 0 Å². The summed E-state index contributed by atoms with van der Waals surface area (Å²) < 4.78 is 37.0. The molecule has 5 nitrogen and oxygen atoms in total. The molecule has 1 aromatic carbocycles. The molecule has 2 N–H and O–H groups in total. The molecule has 118 valence electrons. The van der Waals surface area contributed by atoms with Crippen molar-refractivity contribution in [2.24, 2.45) is 11.1 Å². The smallest absolute Gasteiger partial charge is 0.256 e. The molecule has 7 heteroatoms. The van der Waals surface area contributed by atoms with Crippen molar-refractivity contribution in [3.63, 3.8) is 0 Å². The molecule has 0 unspecified atom stereocenters. The fourth-order valence-corrected chi connectivity index (χ4v) is 2.88. The zero-order valence-electron chi connectivity index (χ0n) is 12.7. The van der Waals surface area contributed by atoms with Crippen LogP contribution in [0.4, 0.5) is 4.39 Å². The third-order valence-corrected chi connectivity index (χ3v) is 4.11. The van der Waals surface area contributed by atoms with Crippen LogP contribution in [0.15, 0.2) is 17.0 Å². The molecule has 0 radical (unpaired) electrons. The number of amides is 1. The van der Waals surface area contributed by atoms with Gasteiger partial charge in [-0.15, -0.1) is 0 Å². The molecule has 0 aliphatic heterocycles. The van der Waals surface area contributed by atoms with Gasteiger partial charge in [0.15, 0.2) is 0 Å². The zero-order valence-corrected chi connectivity index (χ0v) is 13.5. The number of nitrogens with two attached hydrogens (primary N) is 1. The summed E-state index contributed by atoms with van der Waals surface area (Å²) in [5.74, 6) is -1.05. The van der Waals surface area contributed by atoms with E-state index in [-0.39, 0.29) is 21.9 Å². The van der Waals surface area contributed by atoms with Crippen molar-refractivity contribution in [2.45, 2.75) is 32.6 Å². The van der Waals surface area contributed by atoms with Crippen molar-refractivity contribution in [3.8, 4) is 0 Å². The Morgan fingerprint density at radius 1 is 1.38 bits per heavy atom. The number of carbonyl (C=O) groups excluding carboxylic acids is 1. The molecular weight excluding hydrogens is 295 g/mol. The molecule has 0 saturated heterocycles. The van der Waals surface area contributed by atoms with Gasteiger partial charge in [0.1, 0.15) is 5.82 Å². The van der Waals surface area contributed by atoms with Crippen LogP contribution in [0.2, 0.25) is 0 Å². The quantitative estimate of drug-likeness (QED) is 0.901. The maximum atomic E-state index is 14.0. The van der Waals surface area contributed by atoms with Crippen molar-refractivity contribution >= 4 is 15.9 Å². The Morgan fingerprint density at radius 2 is 1.95 bits per heavy atom. The van der Waals surface area contributed by atoms with E-state index in [0.717, 1.165) is 12.1 Å². The minimum absolute atomic E-state index is 0.179. The first-order valence-electron chi connectivity index (χ1n) is 6.70. The number of hydrogen-bond acceptors (Lipinski definition) is 3. The molecule has 1 aromatic rings. The van der Waals surface area contributed by atoms with Crippen LogP contribution in [0.1, 0.15) is 36.7 Å². The average molecular weight is 316 g/mol. The molecular formula is C14H21FN2O3S. The Kier molecular flexibility index (Phi) is 5.47. The van der Waals surface area contributed by atoms with Crippen LogP contribution < -0.4 is 5.14 Å². The highest BCUT2D eigenvalue weighted by Gasteiger charge is 2.23. The van der Waals surface area contributed by atoms with Gasteiger partial charge in [0, 0.05) is 13.1 Å². The standard InChI is InChI=1S/C14H21FN2O3S/c1-5-17(8-9(2)3)14(18)11-7-13(21(16,19)20)10(4)6-12(11)15/h6-7,9H,5,8H2,1-4H3,(H2,16,19,20). The number of sulfonamides is 1. The van der Waals surface area contributed by atoms with Crippen molar-refractivity contribution in [1.29, 1.82) is 0 Å². The lowest BCUT2D eigenvalue weighted by Gasteiger charge is -2.23. The molecule has 1 amide bonds. The maximum Gasteiger partial charge on any atom is 0.256 e. The van der Waals surface area contributed by atoms with Gasteiger partial charge in [-0.3, -0.25) is 4.79 Å². The molecule has 0 aliphatic rings. The zero-order chi connectivity index (χ0) is 16.4. The molecule has 0 heterocycles. The van der Waals surface area contributed by atoms with Gasteiger partial charge in [-0.1, -0.05) is 13.8 Å². The number of aryl methyl sites for hydroxylation is 1. The van der Waals surface area contributed by atoms with Gasteiger partial charge in [-0.25, -0.2) is 17.9 Å². The van der Waals surface area contributed by atoms with Crippen molar-refractivity contribution in [1.82, 2.24) is 4.90 Å². The second-order valence-corrected chi connectivity index (χ2v) is 6.91. The Balaban J connectivity index is 3.33. The third-order valence-electron chi connectivity index (χ3n) is 3.06. The monoisotopic (exact) mass is 316 g/mol. The summed E-state index contributed by atoms with van der Waals surface area (Å²) in [5, 5.41) is 5.09. The van der Waals surface area contributed by atoms with Crippen LogP contribution in [0.5, 0.6) is 0 Å². The van der Waals surface area contributed by atoms with Crippen LogP contribution in [0.25, 0.3) is 0 Å². The van der Waals surface area contributed by atoms with E-state index >= 15 is 0 Å².